The summed E-state index contributed by atoms with van der Waals surface area (Å²) in [5.74, 6) is -0.0712. The van der Waals surface area contributed by atoms with Gasteiger partial charge in [0.15, 0.2) is 0 Å². The summed E-state index contributed by atoms with van der Waals surface area (Å²) in [4.78, 5) is 27.0. The zero-order chi connectivity index (χ0) is 28.2. The van der Waals surface area contributed by atoms with Crippen LogP contribution in [0.4, 0.5) is 4.79 Å². The van der Waals surface area contributed by atoms with Gasteiger partial charge in [-0.25, -0.2) is 4.79 Å². The van der Waals surface area contributed by atoms with Crippen molar-refractivity contribution in [2.45, 2.75) is 58.2 Å². The highest BCUT2D eigenvalue weighted by Gasteiger charge is 2.31. The number of fused-ring (bicyclic) bond motifs is 1. The Morgan fingerprint density at radius 3 is 2.40 bits per heavy atom. The number of rotatable bonds is 8. The Bertz CT molecular complexity index is 1350. The molecule has 40 heavy (non-hydrogen) atoms. The minimum absolute atomic E-state index is 0. The molecule has 3 aromatic rings. The largest absolute Gasteiger partial charge is 0.489 e. The Hall–Kier alpha value is -3.78. The molecule has 0 radical (unpaired) electrons. The fourth-order valence-electron chi connectivity index (χ4n) is 4.69. The molecule has 0 saturated carbocycles. The third-order valence-electron chi connectivity index (χ3n) is 6.61. The van der Waals surface area contributed by atoms with Gasteiger partial charge in [-0.2, -0.15) is 0 Å². The van der Waals surface area contributed by atoms with E-state index < -0.39 is 11.5 Å². The van der Waals surface area contributed by atoms with Gasteiger partial charge in [-0.15, -0.1) is 12.4 Å². The van der Waals surface area contributed by atoms with Gasteiger partial charge in [0.1, 0.15) is 23.3 Å². The number of nitrogens with two attached hydrogens (primary N) is 1. The molecule has 9 heteroatoms. The number of amidine groups is 1. The number of nitrogens with zero attached hydrogens (tertiary/aromatic N) is 1. The van der Waals surface area contributed by atoms with Crippen molar-refractivity contribution in [3.8, 4) is 5.75 Å². The smallest absolute Gasteiger partial charge is 0.410 e. The van der Waals surface area contributed by atoms with Gasteiger partial charge in [-0.3, -0.25) is 10.2 Å². The van der Waals surface area contributed by atoms with Gasteiger partial charge in [0.05, 0.1) is 19.1 Å². The lowest BCUT2D eigenvalue weighted by Crippen LogP contribution is -2.36. The zero-order valence-electron chi connectivity index (χ0n) is 23.4. The summed E-state index contributed by atoms with van der Waals surface area (Å²) in [6.45, 7) is 8.70. The number of halogens is 1. The number of nitrogen functional groups attached to an aromatic ring is 1. The molecule has 8 nitrogen and oxygen atoms in total. The molecule has 3 N–H and O–H groups in total. The number of carbonyl (C=O) groups is 2. The fourth-order valence-corrected chi connectivity index (χ4v) is 4.69. The van der Waals surface area contributed by atoms with Crippen molar-refractivity contribution in [3.63, 3.8) is 0 Å². The van der Waals surface area contributed by atoms with Gasteiger partial charge in [-0.05, 0) is 74.2 Å². The number of ether oxygens (including phenoxy) is 3. The summed E-state index contributed by atoms with van der Waals surface area (Å²) in [5, 5.41) is 9.72. The van der Waals surface area contributed by atoms with Crippen LogP contribution in [0.1, 0.15) is 56.7 Å². The second-order valence-corrected chi connectivity index (χ2v) is 10.8. The van der Waals surface area contributed by atoms with Crippen molar-refractivity contribution in [2.75, 3.05) is 19.7 Å². The standard InChI is InChI=1S/C31H37N3O5.ClH/c1-5-37-29(35)27(17-20-6-7-21-8-9-23(28(32)33)18-24(21)16-20)22-10-12-25(13-11-22)38-26-14-15-34(19-26)30(36)39-31(2,3)4;/h6-13,16,18,26-27H,5,14-15,17,19H2,1-4H3,(H3,32,33);1H/t26-,27-;/m0./s1. The van der Waals surface area contributed by atoms with Crippen molar-refractivity contribution < 1.29 is 23.8 Å². The van der Waals surface area contributed by atoms with Crippen molar-refractivity contribution in [2.24, 2.45) is 5.73 Å². The second kappa shape index (κ2) is 13.0. The zero-order valence-corrected chi connectivity index (χ0v) is 24.3. The first-order valence-corrected chi connectivity index (χ1v) is 13.3. The molecule has 1 fully saturated rings. The number of nitrogens with one attached hydrogen (secondary N) is 1. The van der Waals surface area contributed by atoms with E-state index in [1.807, 2.05) is 81.4 Å². The molecule has 0 bridgehead atoms. The highest BCUT2D eigenvalue weighted by molar-refractivity contribution is 5.99. The number of benzene rings is 3. The molecule has 0 aliphatic carbocycles. The van der Waals surface area contributed by atoms with Crippen LogP contribution in [0.2, 0.25) is 0 Å². The summed E-state index contributed by atoms with van der Waals surface area (Å²) >= 11 is 0. The first kappa shape index (κ1) is 30.8. The third kappa shape index (κ3) is 7.88. The number of amides is 1. The lowest BCUT2D eigenvalue weighted by Gasteiger charge is -2.24. The summed E-state index contributed by atoms with van der Waals surface area (Å²) in [6.07, 6.45) is 0.737. The van der Waals surface area contributed by atoms with Gasteiger partial charge in [0.25, 0.3) is 0 Å². The summed E-state index contributed by atoms with van der Waals surface area (Å²) in [5.41, 5.74) is 7.61. The lowest BCUT2D eigenvalue weighted by atomic mass is 9.91. The number of likely N-dealkylation sites (tertiary alicyclic amines) is 1. The number of esters is 1. The Balaban J connectivity index is 0.00000441. The normalized spacial score (nSPS) is 15.7. The average Bonchev–Trinajstić information content (AvgIpc) is 3.35. The average molecular weight is 568 g/mol. The van der Waals surface area contributed by atoms with E-state index >= 15 is 0 Å². The van der Waals surface area contributed by atoms with Gasteiger partial charge >= 0.3 is 12.1 Å². The highest BCUT2D eigenvalue weighted by atomic mass is 35.5. The predicted molar refractivity (Wildman–Crippen MR) is 159 cm³/mol. The molecule has 0 unspecified atom stereocenters. The lowest BCUT2D eigenvalue weighted by molar-refractivity contribution is -0.144. The van der Waals surface area contributed by atoms with E-state index in [0.29, 0.717) is 37.4 Å². The maximum Gasteiger partial charge on any atom is 0.410 e. The number of carbonyl (C=O) groups excluding carboxylic acids is 2. The predicted octanol–water partition coefficient (Wildman–Crippen LogP) is 5.82. The number of hydrogen-bond donors (Lipinski definition) is 2. The van der Waals surface area contributed by atoms with E-state index in [1.165, 1.54) is 0 Å². The maximum absolute atomic E-state index is 13.0. The quantitative estimate of drug-likeness (QED) is 0.201. The molecular weight excluding hydrogens is 530 g/mol. The fraction of sp³-hybridized carbons (Fsp3) is 0.387. The van der Waals surface area contributed by atoms with Crippen LogP contribution in [-0.2, 0) is 20.7 Å². The van der Waals surface area contributed by atoms with Crippen LogP contribution in [0.3, 0.4) is 0 Å². The van der Waals surface area contributed by atoms with Crippen molar-refractivity contribution >= 4 is 41.1 Å². The van der Waals surface area contributed by atoms with E-state index in [1.54, 1.807) is 11.8 Å². The van der Waals surface area contributed by atoms with Crippen LogP contribution in [0.15, 0.2) is 60.7 Å². The van der Waals surface area contributed by atoms with Crippen LogP contribution < -0.4 is 10.5 Å². The van der Waals surface area contributed by atoms with Gasteiger partial charge in [0, 0.05) is 18.5 Å². The molecule has 2 atom stereocenters. The van der Waals surface area contributed by atoms with Gasteiger partial charge in [0.2, 0.25) is 0 Å². The van der Waals surface area contributed by atoms with Gasteiger partial charge in [-0.1, -0.05) is 42.5 Å². The topological polar surface area (TPSA) is 115 Å². The van der Waals surface area contributed by atoms with E-state index in [-0.39, 0.29) is 36.4 Å². The van der Waals surface area contributed by atoms with E-state index in [9.17, 15) is 9.59 Å². The molecule has 0 spiro atoms. The van der Waals surface area contributed by atoms with Crippen LogP contribution in [0.5, 0.6) is 5.75 Å². The molecule has 1 heterocycles. The van der Waals surface area contributed by atoms with Crippen molar-refractivity contribution in [1.82, 2.24) is 4.90 Å². The molecule has 1 aliphatic rings. The molecule has 1 amide bonds. The summed E-state index contributed by atoms with van der Waals surface area (Å²) < 4.78 is 17.0. The molecule has 1 aliphatic heterocycles. The minimum atomic E-state index is -0.536. The van der Waals surface area contributed by atoms with Crippen molar-refractivity contribution in [3.05, 3.63) is 77.4 Å². The molecule has 0 aromatic heterocycles. The SMILES string of the molecule is CCOC(=O)[C@@H](Cc1ccc2ccc(C(=N)N)cc2c1)c1ccc(O[C@H]2CCN(C(=O)OC(C)(C)C)C2)cc1.Cl. The molecule has 4 rings (SSSR count). The van der Waals surface area contributed by atoms with E-state index in [0.717, 1.165) is 28.3 Å². The monoisotopic (exact) mass is 567 g/mol. The Kier molecular flexibility index (Phi) is 10.0. The minimum Gasteiger partial charge on any atom is -0.489 e. The van der Waals surface area contributed by atoms with Crippen LogP contribution in [0.25, 0.3) is 10.8 Å². The Morgan fingerprint density at radius 1 is 1.05 bits per heavy atom. The third-order valence-corrected chi connectivity index (χ3v) is 6.61. The van der Waals surface area contributed by atoms with Crippen LogP contribution >= 0.6 is 12.4 Å². The van der Waals surface area contributed by atoms with E-state index in [2.05, 4.69) is 0 Å². The molecule has 214 valence electrons. The molecule has 3 aromatic carbocycles. The summed E-state index contributed by atoms with van der Waals surface area (Å²) in [6, 6.07) is 19.2. The second-order valence-electron chi connectivity index (χ2n) is 10.8. The number of hydrogen-bond acceptors (Lipinski definition) is 6. The van der Waals surface area contributed by atoms with Crippen LogP contribution in [0, 0.1) is 5.41 Å². The first-order valence-electron chi connectivity index (χ1n) is 13.3. The Labute approximate surface area is 241 Å². The van der Waals surface area contributed by atoms with E-state index in [4.69, 9.17) is 25.4 Å². The highest BCUT2D eigenvalue weighted by Crippen LogP contribution is 2.28. The van der Waals surface area contributed by atoms with Crippen LogP contribution in [-0.4, -0.2) is 54.2 Å². The first-order chi connectivity index (χ1) is 18.5. The Morgan fingerprint density at radius 2 is 1.75 bits per heavy atom. The van der Waals surface area contributed by atoms with Crippen molar-refractivity contribution in [1.29, 1.82) is 5.41 Å². The summed E-state index contributed by atoms with van der Waals surface area (Å²) in [7, 11) is 0. The maximum atomic E-state index is 13.0. The van der Waals surface area contributed by atoms with Gasteiger partial charge < -0.3 is 24.8 Å². The molecular formula is C31H38ClN3O5. The molecule has 1 saturated heterocycles.